The molecule has 3 rings (SSSR count). The number of benzene rings is 2. The summed E-state index contributed by atoms with van der Waals surface area (Å²) < 4.78 is 2.42. The molecule has 0 bridgehead atoms. The van der Waals surface area contributed by atoms with E-state index in [1.165, 1.54) is 12.1 Å². The van der Waals surface area contributed by atoms with E-state index < -0.39 is 5.91 Å². The van der Waals surface area contributed by atoms with Gasteiger partial charge in [0.25, 0.3) is 5.91 Å². The van der Waals surface area contributed by atoms with Gasteiger partial charge in [-0.1, -0.05) is 47.5 Å². The third-order valence-corrected chi connectivity index (χ3v) is 4.58. The molecule has 0 unspecified atom stereocenters. The summed E-state index contributed by atoms with van der Waals surface area (Å²) in [4.78, 5) is 12.3. The Morgan fingerprint density at radius 2 is 1.96 bits per heavy atom. The van der Waals surface area contributed by atoms with Crippen LogP contribution in [0.2, 0.25) is 0 Å². The topological polar surface area (TPSA) is 87.2 Å². The lowest BCUT2D eigenvalue weighted by molar-refractivity contribution is 0.0992. The summed E-state index contributed by atoms with van der Waals surface area (Å²) in [6, 6.07) is 11.9. The number of carbonyl (C=O) groups excluding carboxylic acids is 1. The predicted molar refractivity (Wildman–Crippen MR) is 103 cm³/mol. The highest BCUT2D eigenvalue weighted by Gasteiger charge is 2.17. The summed E-state index contributed by atoms with van der Waals surface area (Å²) in [6.45, 7) is 2.73. The van der Waals surface area contributed by atoms with Gasteiger partial charge in [-0.2, -0.15) is 0 Å². The maximum atomic E-state index is 12.3. The number of hydrogen-bond donors (Lipinski definition) is 2. The molecule has 0 radical (unpaired) electrons. The minimum absolute atomic E-state index is 0.0188. The Labute approximate surface area is 158 Å². The number of azo groups is 1. The van der Waals surface area contributed by atoms with E-state index in [1.807, 2.05) is 24.3 Å². The van der Waals surface area contributed by atoms with Gasteiger partial charge < -0.3 is 14.8 Å². The molecule has 0 spiro atoms. The zero-order valence-corrected chi connectivity index (χ0v) is 15.8. The summed E-state index contributed by atoms with van der Waals surface area (Å²) in [7, 11) is 0. The highest BCUT2D eigenvalue weighted by atomic mass is 79.9. The molecular weight excluding hydrogens is 398 g/mol. The second kappa shape index (κ2) is 7.70. The molecule has 0 aliphatic heterocycles. The third-order valence-electron chi connectivity index (χ3n) is 4.08. The second-order valence-corrected chi connectivity index (χ2v) is 6.78. The molecule has 2 N–H and O–H groups in total. The lowest BCUT2D eigenvalue weighted by atomic mass is 10.2. The van der Waals surface area contributed by atoms with Gasteiger partial charge in [-0.3, -0.25) is 4.79 Å². The van der Waals surface area contributed by atoms with Gasteiger partial charge >= 0.3 is 0 Å². The van der Waals surface area contributed by atoms with Crippen LogP contribution >= 0.6 is 15.9 Å². The molecule has 7 heteroatoms. The molecule has 2 aromatic carbocycles. The Balaban J connectivity index is 2.00. The molecule has 1 amide bonds. The fraction of sp³-hybridized carbons (Fsp3) is 0.211. The van der Waals surface area contributed by atoms with Crippen LogP contribution in [0.1, 0.15) is 30.1 Å². The maximum absolute atomic E-state index is 12.3. The molecule has 1 aromatic heterocycles. The van der Waals surface area contributed by atoms with Gasteiger partial charge in [-0.25, -0.2) is 0 Å². The number of para-hydroxylation sites is 1. The van der Waals surface area contributed by atoms with Crippen LogP contribution in [0.4, 0.5) is 5.69 Å². The van der Waals surface area contributed by atoms with Crippen molar-refractivity contribution in [3.05, 3.63) is 52.5 Å². The number of phenolic OH excluding ortho intramolecular Hbond substituents is 1. The summed E-state index contributed by atoms with van der Waals surface area (Å²) in [5.41, 5.74) is 1.13. The van der Waals surface area contributed by atoms with E-state index in [0.29, 0.717) is 11.0 Å². The van der Waals surface area contributed by atoms with E-state index >= 15 is 0 Å². The van der Waals surface area contributed by atoms with E-state index in [9.17, 15) is 15.0 Å². The molecule has 0 saturated carbocycles. The maximum Gasteiger partial charge on any atom is 0.299 e. The van der Waals surface area contributed by atoms with E-state index in [0.717, 1.165) is 23.7 Å². The first kappa shape index (κ1) is 18.1. The van der Waals surface area contributed by atoms with Crippen molar-refractivity contribution >= 4 is 38.4 Å². The lowest BCUT2D eigenvalue weighted by Crippen LogP contribution is -1.96. The summed E-state index contributed by atoms with van der Waals surface area (Å²) in [5, 5.41) is 28.8. The number of aryl methyl sites for hydroxylation is 1. The molecule has 0 aliphatic rings. The van der Waals surface area contributed by atoms with Gasteiger partial charge in [-0.05, 0) is 30.7 Å². The minimum Gasteiger partial charge on any atom is -0.507 e. The molecule has 0 fully saturated rings. The first-order chi connectivity index (χ1) is 12.5. The molecule has 0 aliphatic carbocycles. The van der Waals surface area contributed by atoms with Crippen molar-refractivity contribution in [1.82, 2.24) is 4.57 Å². The predicted octanol–water partition coefficient (Wildman–Crippen LogP) is 5.54. The zero-order chi connectivity index (χ0) is 18.7. The fourth-order valence-electron chi connectivity index (χ4n) is 2.74. The lowest BCUT2D eigenvalue weighted by Gasteiger charge is -2.05. The Kier molecular flexibility index (Phi) is 5.37. The highest BCUT2D eigenvalue weighted by molar-refractivity contribution is 9.10. The van der Waals surface area contributed by atoms with Crippen LogP contribution in [-0.2, 0) is 6.54 Å². The Morgan fingerprint density at radius 1 is 1.19 bits per heavy atom. The number of phenols is 1. The van der Waals surface area contributed by atoms with Crippen LogP contribution < -0.4 is 0 Å². The summed E-state index contributed by atoms with van der Waals surface area (Å²) >= 11 is 3.25. The van der Waals surface area contributed by atoms with Crippen molar-refractivity contribution in [2.45, 2.75) is 26.3 Å². The van der Waals surface area contributed by atoms with E-state index in [-0.39, 0.29) is 22.9 Å². The quantitative estimate of drug-likeness (QED) is 0.536. The first-order valence-electron chi connectivity index (χ1n) is 8.27. The largest absolute Gasteiger partial charge is 0.507 e. The van der Waals surface area contributed by atoms with Gasteiger partial charge in [-0.15, -0.1) is 10.2 Å². The molecule has 0 saturated heterocycles. The van der Waals surface area contributed by atoms with Crippen LogP contribution in [0.3, 0.4) is 0 Å². The van der Waals surface area contributed by atoms with Crippen LogP contribution in [0.15, 0.2) is 57.2 Å². The Bertz CT molecular complexity index is 995. The number of amides is 1. The number of rotatable bonds is 5. The van der Waals surface area contributed by atoms with E-state index in [2.05, 4.69) is 33.1 Å². The first-order valence-corrected chi connectivity index (χ1v) is 9.07. The number of aromatic hydroxyl groups is 2. The van der Waals surface area contributed by atoms with Crippen molar-refractivity contribution in [3.8, 4) is 11.6 Å². The fourth-order valence-corrected chi connectivity index (χ4v) is 3.10. The molecule has 1 heterocycles. The van der Waals surface area contributed by atoms with Crippen molar-refractivity contribution < 1.29 is 15.0 Å². The molecule has 134 valence electrons. The van der Waals surface area contributed by atoms with Gasteiger partial charge in [0.05, 0.1) is 11.1 Å². The molecule has 6 nitrogen and oxygen atoms in total. The normalized spacial score (nSPS) is 11.5. The number of unbranched alkanes of at least 4 members (excludes halogenated alkanes) is 1. The van der Waals surface area contributed by atoms with E-state index in [1.54, 1.807) is 10.6 Å². The summed E-state index contributed by atoms with van der Waals surface area (Å²) in [5.74, 6) is -0.880. The van der Waals surface area contributed by atoms with Gasteiger partial charge in [0, 0.05) is 16.4 Å². The highest BCUT2D eigenvalue weighted by Crippen LogP contribution is 2.39. The SMILES string of the molecule is CCCCn1c(O)c(N=NC(=O)c2cc(Br)ccc2O)c2ccccc21. The van der Waals surface area contributed by atoms with Crippen LogP contribution in [-0.4, -0.2) is 20.7 Å². The summed E-state index contributed by atoms with van der Waals surface area (Å²) in [6.07, 6.45) is 1.90. The van der Waals surface area contributed by atoms with Gasteiger partial charge in [0.15, 0.2) is 5.69 Å². The minimum atomic E-state index is -0.686. The van der Waals surface area contributed by atoms with Crippen LogP contribution in [0.5, 0.6) is 11.6 Å². The van der Waals surface area contributed by atoms with Crippen LogP contribution in [0.25, 0.3) is 10.9 Å². The van der Waals surface area contributed by atoms with Crippen molar-refractivity contribution in [1.29, 1.82) is 0 Å². The zero-order valence-electron chi connectivity index (χ0n) is 14.2. The third kappa shape index (κ3) is 3.48. The monoisotopic (exact) mass is 415 g/mol. The Hall–Kier alpha value is -2.67. The average Bonchev–Trinajstić information content (AvgIpc) is 2.91. The number of hydrogen-bond acceptors (Lipinski definition) is 4. The number of fused-ring (bicyclic) bond motifs is 1. The molecule has 0 atom stereocenters. The Morgan fingerprint density at radius 3 is 2.73 bits per heavy atom. The molecule has 26 heavy (non-hydrogen) atoms. The number of nitrogens with zero attached hydrogens (tertiary/aromatic N) is 3. The number of aromatic nitrogens is 1. The number of halogens is 1. The second-order valence-electron chi connectivity index (χ2n) is 5.86. The average molecular weight is 416 g/mol. The molecular formula is C19H18BrN3O3. The van der Waals surface area contributed by atoms with Gasteiger partial charge in [0.1, 0.15) is 5.75 Å². The van der Waals surface area contributed by atoms with Crippen molar-refractivity contribution in [2.24, 2.45) is 10.2 Å². The molecule has 3 aromatic rings. The van der Waals surface area contributed by atoms with Crippen molar-refractivity contribution in [2.75, 3.05) is 0 Å². The smallest absolute Gasteiger partial charge is 0.299 e. The van der Waals surface area contributed by atoms with Crippen molar-refractivity contribution in [3.63, 3.8) is 0 Å². The van der Waals surface area contributed by atoms with Gasteiger partial charge in [0.2, 0.25) is 5.88 Å². The standard InChI is InChI=1S/C19H18BrN3O3/c1-2-3-10-23-15-7-5-4-6-13(15)17(19(23)26)21-22-18(25)14-11-12(20)8-9-16(14)24/h4-9,11,24,26H,2-3,10H2,1H3. The number of carbonyl (C=O) groups is 1. The van der Waals surface area contributed by atoms with E-state index in [4.69, 9.17) is 0 Å². The van der Waals surface area contributed by atoms with Crippen LogP contribution in [0, 0.1) is 0 Å².